The minimum absolute atomic E-state index is 1.02. The first kappa shape index (κ1) is 15.6. The summed E-state index contributed by atoms with van der Waals surface area (Å²) in [5.41, 5.74) is 1.32. The molecule has 2 aromatic rings. The van der Waals surface area contributed by atoms with Gasteiger partial charge in [0.05, 0.1) is 0 Å². The summed E-state index contributed by atoms with van der Waals surface area (Å²) in [5.74, 6) is 1.15. The molecule has 1 saturated heterocycles. The van der Waals surface area contributed by atoms with Crippen LogP contribution in [0.15, 0.2) is 34.7 Å². The van der Waals surface area contributed by atoms with Crippen molar-refractivity contribution in [3.8, 4) is 0 Å². The van der Waals surface area contributed by atoms with Crippen molar-refractivity contribution in [1.82, 2.24) is 10.2 Å². The second-order valence-electron chi connectivity index (χ2n) is 5.36. The molecule has 1 aliphatic heterocycles. The van der Waals surface area contributed by atoms with E-state index in [1.807, 2.05) is 11.8 Å². The van der Waals surface area contributed by atoms with Crippen LogP contribution in [0.3, 0.4) is 0 Å². The summed E-state index contributed by atoms with van der Waals surface area (Å²) in [6.07, 6.45) is 2.48. The van der Waals surface area contributed by atoms with E-state index in [1.165, 1.54) is 18.5 Å². The van der Waals surface area contributed by atoms with E-state index in [2.05, 4.69) is 57.3 Å². The maximum absolute atomic E-state index is 4.37. The van der Waals surface area contributed by atoms with Gasteiger partial charge in [0.1, 0.15) is 0 Å². The Balaban J connectivity index is 1.53. The molecule has 0 atom stereocenters. The number of anilines is 2. The second-order valence-corrected chi connectivity index (χ2v) is 7.66. The molecule has 1 aromatic heterocycles. The number of hydrogen-bond donors (Lipinski definition) is 0. The predicted octanol–water partition coefficient (Wildman–Crippen LogP) is 3.76. The highest BCUT2D eigenvalue weighted by Crippen LogP contribution is 2.29. The van der Waals surface area contributed by atoms with Gasteiger partial charge >= 0.3 is 0 Å². The van der Waals surface area contributed by atoms with Gasteiger partial charge in [0.2, 0.25) is 5.13 Å². The van der Waals surface area contributed by atoms with Gasteiger partial charge in [0.25, 0.3) is 0 Å². The lowest BCUT2D eigenvalue weighted by Gasteiger charge is -2.35. The second kappa shape index (κ2) is 7.83. The summed E-state index contributed by atoms with van der Waals surface area (Å²) in [6.45, 7) is 6.34. The highest BCUT2D eigenvalue weighted by Gasteiger charge is 2.20. The third kappa shape index (κ3) is 3.93. The van der Waals surface area contributed by atoms with Gasteiger partial charge in [-0.3, -0.25) is 0 Å². The number of aromatic nitrogens is 2. The molecule has 6 heteroatoms. The van der Waals surface area contributed by atoms with Crippen LogP contribution in [0, 0.1) is 0 Å². The van der Waals surface area contributed by atoms with E-state index in [0.717, 1.165) is 41.4 Å². The quantitative estimate of drug-likeness (QED) is 0.593. The van der Waals surface area contributed by atoms with Crippen molar-refractivity contribution >= 4 is 33.9 Å². The molecule has 118 valence electrons. The lowest BCUT2D eigenvalue weighted by molar-refractivity contribution is 0.649. The van der Waals surface area contributed by atoms with E-state index in [4.69, 9.17) is 0 Å². The SMILES string of the molecule is CCCCSc1nnc(N2CCN(c3ccccc3)CC2)s1. The normalized spacial score (nSPS) is 15.3. The Morgan fingerprint density at radius 1 is 1.05 bits per heavy atom. The fourth-order valence-corrected chi connectivity index (χ4v) is 4.53. The smallest absolute Gasteiger partial charge is 0.209 e. The van der Waals surface area contributed by atoms with Crippen LogP contribution < -0.4 is 9.80 Å². The van der Waals surface area contributed by atoms with Gasteiger partial charge in [0, 0.05) is 37.6 Å². The lowest BCUT2D eigenvalue weighted by atomic mass is 10.2. The van der Waals surface area contributed by atoms with E-state index in [1.54, 1.807) is 11.3 Å². The van der Waals surface area contributed by atoms with Gasteiger partial charge in [-0.2, -0.15) is 0 Å². The van der Waals surface area contributed by atoms with Crippen LogP contribution in [-0.4, -0.2) is 42.1 Å². The molecule has 1 fully saturated rings. The van der Waals surface area contributed by atoms with Crippen molar-refractivity contribution in [1.29, 1.82) is 0 Å². The standard InChI is InChI=1S/C16H22N4S2/c1-2-3-13-21-16-18-17-15(22-16)20-11-9-19(10-12-20)14-7-5-4-6-8-14/h4-8H,2-3,9-13H2,1H3. The minimum atomic E-state index is 1.02. The zero-order valence-electron chi connectivity index (χ0n) is 12.9. The molecule has 4 nitrogen and oxygen atoms in total. The number of rotatable bonds is 6. The topological polar surface area (TPSA) is 32.3 Å². The molecule has 0 unspecified atom stereocenters. The number of unbranched alkanes of at least 4 members (excludes halogenated alkanes) is 1. The Morgan fingerprint density at radius 2 is 1.77 bits per heavy atom. The summed E-state index contributed by atoms with van der Waals surface area (Å²) in [4.78, 5) is 4.80. The van der Waals surface area contributed by atoms with Crippen LogP contribution in [0.1, 0.15) is 19.8 Å². The van der Waals surface area contributed by atoms with Gasteiger partial charge in [-0.05, 0) is 18.6 Å². The molecule has 0 aliphatic carbocycles. The van der Waals surface area contributed by atoms with Crippen LogP contribution in [0.2, 0.25) is 0 Å². The largest absolute Gasteiger partial charge is 0.368 e. The van der Waals surface area contributed by atoms with Crippen molar-refractivity contribution in [2.75, 3.05) is 41.7 Å². The number of thioether (sulfide) groups is 1. The van der Waals surface area contributed by atoms with Crippen molar-refractivity contribution < 1.29 is 0 Å². The maximum Gasteiger partial charge on any atom is 0.209 e. The Hall–Kier alpha value is -1.27. The van der Waals surface area contributed by atoms with Crippen LogP contribution in [-0.2, 0) is 0 Å². The van der Waals surface area contributed by atoms with Gasteiger partial charge in [-0.1, -0.05) is 54.6 Å². The molecule has 0 bridgehead atoms. The van der Waals surface area contributed by atoms with Gasteiger partial charge in [-0.15, -0.1) is 10.2 Å². The molecule has 1 aliphatic rings. The highest BCUT2D eigenvalue weighted by molar-refractivity contribution is 8.01. The number of nitrogens with zero attached hydrogens (tertiary/aromatic N) is 4. The summed E-state index contributed by atoms with van der Waals surface area (Å²) in [6, 6.07) is 10.6. The number of piperazine rings is 1. The summed E-state index contributed by atoms with van der Waals surface area (Å²) in [7, 11) is 0. The molecular weight excluding hydrogens is 312 g/mol. The van der Waals surface area contributed by atoms with E-state index in [9.17, 15) is 0 Å². The predicted molar refractivity (Wildman–Crippen MR) is 96.4 cm³/mol. The summed E-state index contributed by atoms with van der Waals surface area (Å²) < 4.78 is 1.11. The molecule has 0 saturated carbocycles. The lowest BCUT2D eigenvalue weighted by Crippen LogP contribution is -2.46. The average Bonchev–Trinajstić information content (AvgIpc) is 3.05. The first-order valence-corrected chi connectivity index (χ1v) is 9.68. The molecule has 0 spiro atoms. The average molecular weight is 335 g/mol. The van der Waals surface area contributed by atoms with Crippen molar-refractivity contribution in [2.24, 2.45) is 0 Å². The first-order valence-electron chi connectivity index (χ1n) is 7.88. The Morgan fingerprint density at radius 3 is 2.50 bits per heavy atom. The minimum Gasteiger partial charge on any atom is -0.368 e. The molecule has 1 aromatic carbocycles. The van der Waals surface area contributed by atoms with E-state index >= 15 is 0 Å². The third-order valence-corrected chi connectivity index (χ3v) is 5.99. The van der Waals surface area contributed by atoms with Gasteiger partial charge in [0.15, 0.2) is 4.34 Å². The van der Waals surface area contributed by atoms with Gasteiger partial charge < -0.3 is 9.80 Å². The number of para-hydroxylation sites is 1. The van der Waals surface area contributed by atoms with E-state index < -0.39 is 0 Å². The van der Waals surface area contributed by atoms with E-state index in [-0.39, 0.29) is 0 Å². The number of hydrogen-bond acceptors (Lipinski definition) is 6. The van der Waals surface area contributed by atoms with Crippen LogP contribution in [0.5, 0.6) is 0 Å². The van der Waals surface area contributed by atoms with Crippen LogP contribution in [0.4, 0.5) is 10.8 Å². The molecule has 2 heterocycles. The van der Waals surface area contributed by atoms with Crippen molar-refractivity contribution in [3.05, 3.63) is 30.3 Å². The molecule has 3 rings (SSSR count). The van der Waals surface area contributed by atoms with Crippen molar-refractivity contribution in [3.63, 3.8) is 0 Å². The fraction of sp³-hybridized carbons (Fsp3) is 0.500. The monoisotopic (exact) mass is 334 g/mol. The Kier molecular flexibility index (Phi) is 5.56. The van der Waals surface area contributed by atoms with Gasteiger partial charge in [-0.25, -0.2) is 0 Å². The molecular formula is C16H22N4S2. The Labute approximate surface area is 140 Å². The van der Waals surface area contributed by atoms with Crippen molar-refractivity contribution in [2.45, 2.75) is 24.1 Å². The van der Waals surface area contributed by atoms with E-state index in [0.29, 0.717) is 0 Å². The highest BCUT2D eigenvalue weighted by atomic mass is 32.2. The zero-order valence-corrected chi connectivity index (χ0v) is 14.6. The third-order valence-electron chi connectivity index (χ3n) is 3.79. The van der Waals surface area contributed by atoms with Crippen LogP contribution >= 0.6 is 23.1 Å². The molecule has 0 N–H and O–H groups in total. The zero-order chi connectivity index (χ0) is 15.2. The molecule has 0 radical (unpaired) electrons. The molecule has 0 amide bonds. The summed E-state index contributed by atoms with van der Waals surface area (Å²) >= 11 is 3.57. The summed E-state index contributed by atoms with van der Waals surface area (Å²) in [5, 5.41) is 9.76. The first-order chi connectivity index (χ1) is 10.9. The molecule has 22 heavy (non-hydrogen) atoms. The maximum atomic E-state index is 4.37. The fourth-order valence-electron chi connectivity index (χ4n) is 2.49. The number of benzene rings is 1. The Bertz CT molecular complexity index is 565. The van der Waals surface area contributed by atoms with Crippen LogP contribution in [0.25, 0.3) is 0 Å².